The molecule has 122 valence electrons. The summed E-state index contributed by atoms with van der Waals surface area (Å²) in [5.41, 5.74) is 2.64. The van der Waals surface area contributed by atoms with E-state index >= 15 is 0 Å². The third-order valence-corrected chi connectivity index (χ3v) is 4.59. The van der Waals surface area contributed by atoms with E-state index in [4.69, 9.17) is 0 Å². The second-order valence-electron chi connectivity index (χ2n) is 6.44. The van der Waals surface area contributed by atoms with E-state index in [0.717, 1.165) is 29.9 Å². The van der Waals surface area contributed by atoms with Gasteiger partial charge < -0.3 is 0 Å². The molecule has 0 N–H and O–H groups in total. The summed E-state index contributed by atoms with van der Waals surface area (Å²) in [6, 6.07) is 10.9. The molecule has 2 aromatic rings. The highest BCUT2D eigenvalue weighted by Crippen LogP contribution is 2.23. The van der Waals surface area contributed by atoms with Gasteiger partial charge in [0.2, 0.25) is 0 Å². The van der Waals surface area contributed by atoms with Crippen LogP contribution >= 0.6 is 0 Å². The zero-order chi connectivity index (χ0) is 16.2. The highest BCUT2D eigenvalue weighted by Gasteiger charge is 2.22. The van der Waals surface area contributed by atoms with Crippen LogP contribution in [0.3, 0.4) is 0 Å². The molecule has 1 aromatic heterocycles. The van der Waals surface area contributed by atoms with Crippen molar-refractivity contribution >= 4 is 0 Å². The first-order valence-electron chi connectivity index (χ1n) is 8.25. The lowest BCUT2D eigenvalue weighted by atomic mass is 10.0. The van der Waals surface area contributed by atoms with Gasteiger partial charge in [-0.1, -0.05) is 6.07 Å². The van der Waals surface area contributed by atoms with Gasteiger partial charge in [-0.25, -0.2) is 4.39 Å². The lowest BCUT2D eigenvalue weighted by Crippen LogP contribution is -2.46. The molecule has 0 bridgehead atoms. The summed E-state index contributed by atoms with van der Waals surface area (Å²) in [6.45, 7) is 1.88. The number of aromatic nitrogens is 1. The van der Waals surface area contributed by atoms with Crippen LogP contribution in [0.2, 0.25) is 0 Å². The first-order valence-corrected chi connectivity index (χ1v) is 8.25. The van der Waals surface area contributed by atoms with Gasteiger partial charge in [0.05, 0.1) is 11.9 Å². The maximum atomic E-state index is 14.0. The quantitative estimate of drug-likeness (QED) is 0.857. The molecule has 0 amide bonds. The lowest BCUT2D eigenvalue weighted by molar-refractivity contribution is 0.0453. The Morgan fingerprint density at radius 1 is 1.26 bits per heavy atom. The fourth-order valence-electron chi connectivity index (χ4n) is 3.43. The molecule has 0 saturated carbocycles. The molecular weight excluding hydrogens is 289 g/mol. The molecule has 0 aliphatic carbocycles. The highest BCUT2D eigenvalue weighted by atomic mass is 19.1. The van der Waals surface area contributed by atoms with Crippen molar-refractivity contribution in [1.29, 1.82) is 0 Å². The topological polar surface area (TPSA) is 19.4 Å². The van der Waals surface area contributed by atoms with Crippen LogP contribution in [0.4, 0.5) is 4.39 Å². The summed E-state index contributed by atoms with van der Waals surface area (Å²) in [6.07, 6.45) is 5.88. The number of nitrogens with zero attached hydrogens (tertiary/aromatic N) is 3. The van der Waals surface area contributed by atoms with Gasteiger partial charge in [0.25, 0.3) is 0 Å². The molecular formula is C19H24FN3. The number of rotatable bonds is 4. The smallest absolute Gasteiger partial charge is 0.124 e. The maximum Gasteiger partial charge on any atom is 0.124 e. The van der Waals surface area contributed by atoms with Crippen molar-refractivity contribution in [2.75, 3.05) is 20.6 Å². The molecule has 1 saturated heterocycles. The van der Waals surface area contributed by atoms with Crippen LogP contribution in [0.25, 0.3) is 11.3 Å². The predicted octanol–water partition coefficient (Wildman–Crippen LogP) is 3.76. The van der Waals surface area contributed by atoms with Gasteiger partial charge in [-0.15, -0.1) is 0 Å². The second-order valence-corrected chi connectivity index (χ2v) is 6.44. The van der Waals surface area contributed by atoms with Crippen molar-refractivity contribution in [3.63, 3.8) is 0 Å². The van der Waals surface area contributed by atoms with Crippen LogP contribution in [0, 0.1) is 5.82 Å². The van der Waals surface area contributed by atoms with Crippen LogP contribution in [-0.4, -0.2) is 41.6 Å². The minimum atomic E-state index is -0.200. The second kappa shape index (κ2) is 7.20. The third-order valence-electron chi connectivity index (χ3n) is 4.59. The Hall–Kier alpha value is -1.78. The van der Waals surface area contributed by atoms with E-state index in [2.05, 4.69) is 28.9 Å². The van der Waals surface area contributed by atoms with Crippen LogP contribution < -0.4 is 0 Å². The van der Waals surface area contributed by atoms with Gasteiger partial charge in [0.15, 0.2) is 0 Å². The molecule has 23 heavy (non-hydrogen) atoms. The average molecular weight is 313 g/mol. The van der Waals surface area contributed by atoms with E-state index in [1.807, 2.05) is 24.3 Å². The molecule has 1 fully saturated rings. The normalized spacial score (nSPS) is 19.2. The lowest BCUT2D eigenvalue weighted by Gasteiger charge is -2.38. The monoisotopic (exact) mass is 313 g/mol. The van der Waals surface area contributed by atoms with Gasteiger partial charge in [0, 0.05) is 18.3 Å². The number of hydrogen-bond donors (Lipinski definition) is 0. The zero-order valence-electron chi connectivity index (χ0n) is 13.9. The van der Waals surface area contributed by atoms with Crippen molar-refractivity contribution in [2.45, 2.75) is 32.0 Å². The molecule has 0 radical (unpaired) electrons. The standard InChI is InChI=1S/C19H24FN3/c1-22-10-6-4-8-19(22)23(2)14-15-11-16(13-17(20)12-15)18-7-3-5-9-21-18/h3,5,7,9,11-13,19H,4,6,8,10,14H2,1-2H3. The Kier molecular flexibility index (Phi) is 5.03. The summed E-state index contributed by atoms with van der Waals surface area (Å²) in [5.74, 6) is -0.200. The van der Waals surface area contributed by atoms with E-state index in [0.29, 0.717) is 6.17 Å². The summed E-state index contributed by atoms with van der Waals surface area (Å²) >= 11 is 0. The highest BCUT2D eigenvalue weighted by molar-refractivity contribution is 5.59. The zero-order valence-corrected chi connectivity index (χ0v) is 13.9. The number of piperidine rings is 1. The van der Waals surface area contributed by atoms with Gasteiger partial charge in [-0.3, -0.25) is 14.8 Å². The Morgan fingerprint density at radius 3 is 2.87 bits per heavy atom. The van der Waals surface area contributed by atoms with Gasteiger partial charge in [0.1, 0.15) is 5.82 Å². The fraction of sp³-hybridized carbons (Fsp3) is 0.421. The van der Waals surface area contributed by atoms with E-state index in [-0.39, 0.29) is 5.82 Å². The average Bonchev–Trinajstić information content (AvgIpc) is 2.55. The van der Waals surface area contributed by atoms with Crippen molar-refractivity contribution in [1.82, 2.24) is 14.8 Å². The number of halogens is 1. The molecule has 2 heterocycles. The number of pyridine rings is 1. The molecule has 3 nitrogen and oxygen atoms in total. The Labute approximate surface area is 137 Å². The number of likely N-dealkylation sites (tertiary alicyclic amines) is 1. The summed E-state index contributed by atoms with van der Waals surface area (Å²) in [7, 11) is 4.29. The summed E-state index contributed by atoms with van der Waals surface area (Å²) in [4.78, 5) is 9.03. The van der Waals surface area contributed by atoms with Crippen LogP contribution in [0.1, 0.15) is 24.8 Å². The van der Waals surface area contributed by atoms with E-state index in [1.54, 1.807) is 18.3 Å². The predicted molar refractivity (Wildman–Crippen MR) is 91.4 cm³/mol. The Balaban J connectivity index is 1.79. The van der Waals surface area contributed by atoms with E-state index in [1.165, 1.54) is 19.3 Å². The molecule has 1 aliphatic heterocycles. The SMILES string of the molecule is CN1CCCCC1N(C)Cc1cc(F)cc(-c2ccccn2)c1. The first-order chi connectivity index (χ1) is 11.1. The van der Waals surface area contributed by atoms with Crippen molar-refractivity contribution in [2.24, 2.45) is 0 Å². The van der Waals surface area contributed by atoms with Gasteiger partial charge in [-0.05, 0) is 75.8 Å². The molecule has 1 unspecified atom stereocenters. The molecule has 3 rings (SSSR count). The van der Waals surface area contributed by atoms with Crippen LogP contribution in [0.15, 0.2) is 42.6 Å². The first kappa shape index (κ1) is 16.1. The van der Waals surface area contributed by atoms with Gasteiger partial charge in [-0.2, -0.15) is 0 Å². The molecule has 0 spiro atoms. The number of hydrogen-bond acceptors (Lipinski definition) is 3. The van der Waals surface area contributed by atoms with Crippen LogP contribution in [-0.2, 0) is 6.54 Å². The molecule has 1 aliphatic rings. The molecule has 4 heteroatoms. The van der Waals surface area contributed by atoms with Gasteiger partial charge >= 0.3 is 0 Å². The third kappa shape index (κ3) is 3.95. The van der Waals surface area contributed by atoms with E-state index < -0.39 is 0 Å². The van der Waals surface area contributed by atoms with E-state index in [9.17, 15) is 4.39 Å². The largest absolute Gasteiger partial charge is 0.291 e. The minimum Gasteiger partial charge on any atom is -0.291 e. The van der Waals surface area contributed by atoms with Crippen molar-refractivity contribution in [3.8, 4) is 11.3 Å². The summed E-state index contributed by atoms with van der Waals surface area (Å²) in [5, 5.41) is 0. The molecule has 1 atom stereocenters. The Morgan fingerprint density at radius 2 is 2.13 bits per heavy atom. The number of benzene rings is 1. The van der Waals surface area contributed by atoms with Crippen LogP contribution in [0.5, 0.6) is 0 Å². The van der Waals surface area contributed by atoms with Crippen molar-refractivity contribution < 1.29 is 4.39 Å². The minimum absolute atomic E-state index is 0.200. The maximum absolute atomic E-state index is 14.0. The van der Waals surface area contributed by atoms with Crippen molar-refractivity contribution in [3.05, 3.63) is 54.0 Å². The Bertz CT molecular complexity index is 644. The summed E-state index contributed by atoms with van der Waals surface area (Å²) < 4.78 is 14.0. The molecule has 1 aromatic carbocycles. The fourth-order valence-corrected chi connectivity index (χ4v) is 3.43.